The van der Waals surface area contributed by atoms with Crippen molar-refractivity contribution >= 4 is 17.2 Å². The summed E-state index contributed by atoms with van der Waals surface area (Å²) in [5, 5.41) is 2.06. The number of likely N-dealkylation sites (tertiary alicyclic amines) is 2. The first-order valence-electron chi connectivity index (χ1n) is 8.48. The average molecular weight is 339 g/mol. The smallest absolute Gasteiger partial charge is 0.236 e. The molecule has 1 amide bonds. The van der Waals surface area contributed by atoms with Crippen LogP contribution < -0.4 is 0 Å². The molecule has 2 aliphatic heterocycles. The molecule has 0 spiro atoms. The minimum Gasteiger partial charge on any atom is -0.342 e. The largest absolute Gasteiger partial charge is 0.342 e. The van der Waals surface area contributed by atoms with Gasteiger partial charge in [0.05, 0.1) is 6.54 Å². The molecule has 23 heavy (non-hydrogen) atoms. The molecule has 6 heteroatoms. The highest BCUT2D eigenvalue weighted by Crippen LogP contribution is 2.24. The lowest BCUT2D eigenvalue weighted by Crippen LogP contribution is -2.43. The molecule has 0 N–H and O–H groups in total. The molecular weight excluding hydrogens is 313 g/mol. The zero-order valence-electron chi connectivity index (χ0n) is 13.8. The zero-order valence-corrected chi connectivity index (χ0v) is 14.6. The SMILES string of the molecule is CN(CC(=O)N1CCCC1)C[C@@H]1C[C@H](F)CN1Cc1cccs1. The molecule has 2 saturated heterocycles. The summed E-state index contributed by atoms with van der Waals surface area (Å²) >= 11 is 1.72. The van der Waals surface area contributed by atoms with Gasteiger partial charge in [0.2, 0.25) is 5.91 Å². The van der Waals surface area contributed by atoms with Gasteiger partial charge in [-0.2, -0.15) is 0 Å². The van der Waals surface area contributed by atoms with E-state index in [2.05, 4.69) is 21.2 Å². The van der Waals surface area contributed by atoms with Crippen molar-refractivity contribution in [3.8, 4) is 0 Å². The molecule has 1 aromatic rings. The van der Waals surface area contributed by atoms with Crippen LogP contribution in [0.5, 0.6) is 0 Å². The Labute approximate surface area is 141 Å². The van der Waals surface area contributed by atoms with E-state index >= 15 is 0 Å². The van der Waals surface area contributed by atoms with Gasteiger partial charge in [0.25, 0.3) is 0 Å². The van der Waals surface area contributed by atoms with Crippen LogP contribution >= 0.6 is 11.3 Å². The highest BCUT2D eigenvalue weighted by Gasteiger charge is 2.33. The highest BCUT2D eigenvalue weighted by atomic mass is 32.1. The Kier molecular flexibility index (Phi) is 5.67. The summed E-state index contributed by atoms with van der Waals surface area (Å²) in [4.78, 5) is 19.7. The number of nitrogens with zero attached hydrogens (tertiary/aromatic N) is 3. The van der Waals surface area contributed by atoms with Gasteiger partial charge in [-0.1, -0.05) is 6.07 Å². The van der Waals surface area contributed by atoms with Crippen molar-refractivity contribution < 1.29 is 9.18 Å². The topological polar surface area (TPSA) is 26.8 Å². The minimum absolute atomic E-state index is 0.198. The van der Waals surface area contributed by atoms with Crippen LogP contribution in [0.2, 0.25) is 0 Å². The summed E-state index contributed by atoms with van der Waals surface area (Å²) in [7, 11) is 1.98. The fraction of sp³-hybridized carbons (Fsp3) is 0.706. The summed E-state index contributed by atoms with van der Waals surface area (Å²) in [6, 6.07) is 4.34. The second-order valence-corrected chi connectivity index (χ2v) is 7.81. The molecule has 2 aliphatic rings. The van der Waals surface area contributed by atoms with Crippen LogP contribution in [0, 0.1) is 0 Å². The maximum Gasteiger partial charge on any atom is 0.236 e. The zero-order chi connectivity index (χ0) is 16.2. The van der Waals surface area contributed by atoms with Crippen molar-refractivity contribution in [2.75, 3.05) is 39.8 Å². The molecule has 0 unspecified atom stereocenters. The third kappa shape index (κ3) is 4.52. The Morgan fingerprint density at radius 3 is 2.91 bits per heavy atom. The molecule has 1 aromatic heterocycles. The Hall–Kier alpha value is -0.980. The van der Waals surface area contributed by atoms with Crippen molar-refractivity contribution in [1.29, 1.82) is 0 Å². The van der Waals surface area contributed by atoms with E-state index in [9.17, 15) is 9.18 Å². The molecule has 128 valence electrons. The van der Waals surface area contributed by atoms with Gasteiger partial charge in [0.15, 0.2) is 0 Å². The summed E-state index contributed by atoms with van der Waals surface area (Å²) < 4.78 is 13.9. The summed E-state index contributed by atoms with van der Waals surface area (Å²) in [6.45, 7) is 4.32. The number of thiophene rings is 1. The normalized spacial score (nSPS) is 25.6. The van der Waals surface area contributed by atoms with Gasteiger partial charge >= 0.3 is 0 Å². The van der Waals surface area contributed by atoms with E-state index in [1.807, 2.05) is 18.0 Å². The number of likely N-dealkylation sites (N-methyl/N-ethyl adjacent to an activating group) is 1. The quantitative estimate of drug-likeness (QED) is 0.795. The van der Waals surface area contributed by atoms with Crippen molar-refractivity contribution in [3.63, 3.8) is 0 Å². The van der Waals surface area contributed by atoms with Crippen LogP contribution in [0.3, 0.4) is 0 Å². The fourth-order valence-electron chi connectivity index (χ4n) is 3.63. The van der Waals surface area contributed by atoms with E-state index in [0.29, 0.717) is 19.5 Å². The molecule has 0 aliphatic carbocycles. The van der Waals surface area contributed by atoms with E-state index in [1.165, 1.54) is 4.88 Å². The van der Waals surface area contributed by atoms with E-state index in [4.69, 9.17) is 0 Å². The van der Waals surface area contributed by atoms with Gasteiger partial charge in [-0.05, 0) is 37.8 Å². The van der Waals surface area contributed by atoms with Crippen LogP contribution in [0.15, 0.2) is 17.5 Å². The van der Waals surface area contributed by atoms with E-state index in [1.54, 1.807) is 11.3 Å². The Morgan fingerprint density at radius 1 is 1.43 bits per heavy atom. The molecule has 2 atom stereocenters. The van der Waals surface area contributed by atoms with E-state index < -0.39 is 6.17 Å². The first-order chi connectivity index (χ1) is 11.1. The number of halogens is 1. The Morgan fingerprint density at radius 2 is 2.22 bits per heavy atom. The van der Waals surface area contributed by atoms with E-state index in [-0.39, 0.29) is 11.9 Å². The van der Waals surface area contributed by atoms with Crippen molar-refractivity contribution in [2.24, 2.45) is 0 Å². The molecule has 0 bridgehead atoms. The van der Waals surface area contributed by atoms with Crippen LogP contribution in [-0.4, -0.2) is 72.6 Å². The van der Waals surface area contributed by atoms with Crippen LogP contribution in [-0.2, 0) is 11.3 Å². The molecule has 0 saturated carbocycles. The van der Waals surface area contributed by atoms with Gasteiger partial charge in [-0.25, -0.2) is 4.39 Å². The number of rotatable bonds is 6. The molecule has 0 aromatic carbocycles. The molecule has 3 heterocycles. The third-order valence-electron chi connectivity index (χ3n) is 4.80. The fourth-order valence-corrected chi connectivity index (χ4v) is 4.36. The molecule has 3 rings (SSSR count). The molecule has 2 fully saturated rings. The lowest BCUT2D eigenvalue weighted by molar-refractivity contribution is -0.131. The molecule has 0 radical (unpaired) electrons. The first kappa shape index (κ1) is 16.9. The van der Waals surface area contributed by atoms with Gasteiger partial charge < -0.3 is 4.90 Å². The lowest BCUT2D eigenvalue weighted by atomic mass is 10.2. The second-order valence-electron chi connectivity index (χ2n) is 6.78. The van der Waals surface area contributed by atoms with Crippen molar-refractivity contribution in [2.45, 2.75) is 38.0 Å². The number of hydrogen-bond donors (Lipinski definition) is 0. The predicted molar refractivity (Wildman–Crippen MR) is 91.3 cm³/mol. The number of carbonyl (C=O) groups excluding carboxylic acids is 1. The first-order valence-corrected chi connectivity index (χ1v) is 9.36. The highest BCUT2D eigenvalue weighted by molar-refractivity contribution is 7.09. The van der Waals surface area contributed by atoms with Crippen molar-refractivity contribution in [1.82, 2.24) is 14.7 Å². The minimum atomic E-state index is -0.748. The van der Waals surface area contributed by atoms with Gasteiger partial charge in [0.1, 0.15) is 6.17 Å². The standard InChI is InChI=1S/C17H26FN3OS/c1-19(13-17(22)20-6-2-3-7-20)11-15-9-14(18)10-21(15)12-16-5-4-8-23-16/h4-5,8,14-15H,2-3,6-7,9-13H2,1H3/t14-,15-/m0/s1. The predicted octanol–water partition coefficient (Wildman–Crippen LogP) is 2.21. The number of amides is 1. The Bertz CT molecular complexity index is 504. The van der Waals surface area contributed by atoms with Crippen molar-refractivity contribution in [3.05, 3.63) is 22.4 Å². The lowest BCUT2D eigenvalue weighted by Gasteiger charge is -2.28. The third-order valence-corrected chi connectivity index (χ3v) is 5.66. The van der Waals surface area contributed by atoms with Gasteiger partial charge in [-0.15, -0.1) is 11.3 Å². The summed E-state index contributed by atoms with van der Waals surface area (Å²) in [6.07, 6.45) is 2.07. The van der Waals surface area contributed by atoms with E-state index in [0.717, 1.165) is 39.0 Å². The number of alkyl halides is 1. The number of hydrogen-bond acceptors (Lipinski definition) is 4. The molecular formula is C17H26FN3OS. The van der Waals surface area contributed by atoms with Crippen LogP contribution in [0.1, 0.15) is 24.1 Å². The molecule has 4 nitrogen and oxygen atoms in total. The second kappa shape index (κ2) is 7.73. The van der Waals surface area contributed by atoms with Gasteiger partial charge in [-0.3, -0.25) is 14.6 Å². The monoisotopic (exact) mass is 339 g/mol. The maximum atomic E-state index is 13.9. The summed E-state index contributed by atoms with van der Waals surface area (Å²) in [5.41, 5.74) is 0. The average Bonchev–Trinajstić information content (AvgIpc) is 3.23. The number of carbonyl (C=O) groups is 1. The van der Waals surface area contributed by atoms with Crippen LogP contribution in [0.4, 0.5) is 4.39 Å². The summed E-state index contributed by atoms with van der Waals surface area (Å²) in [5.74, 6) is 0.213. The van der Waals surface area contributed by atoms with Gasteiger partial charge in [0, 0.05) is 43.6 Å². The van der Waals surface area contributed by atoms with Crippen LogP contribution in [0.25, 0.3) is 0 Å². The Balaban J connectivity index is 1.51. The maximum absolute atomic E-state index is 13.9.